The van der Waals surface area contributed by atoms with Gasteiger partial charge in [-0.05, 0) is 38.8 Å². The molecule has 0 spiro atoms. The van der Waals surface area contributed by atoms with Crippen molar-refractivity contribution in [1.82, 2.24) is 15.6 Å². The quantitative estimate of drug-likeness (QED) is 0.839. The lowest BCUT2D eigenvalue weighted by Crippen LogP contribution is -2.49. The molecule has 1 aromatic heterocycles. The van der Waals surface area contributed by atoms with E-state index in [2.05, 4.69) is 21.0 Å². The summed E-state index contributed by atoms with van der Waals surface area (Å²) < 4.78 is 5.30. The van der Waals surface area contributed by atoms with E-state index in [0.717, 1.165) is 30.9 Å². The zero-order valence-corrected chi connectivity index (χ0v) is 13.3. The van der Waals surface area contributed by atoms with E-state index in [0.29, 0.717) is 19.1 Å². The summed E-state index contributed by atoms with van der Waals surface area (Å²) in [5.41, 5.74) is 0.828. The second-order valence-corrected chi connectivity index (χ2v) is 7.03. The summed E-state index contributed by atoms with van der Waals surface area (Å²) in [5.74, 6) is 0.781. The number of aromatic nitrogens is 1. The van der Waals surface area contributed by atoms with Crippen LogP contribution in [-0.2, 0) is 16.1 Å². The second-order valence-electron chi connectivity index (χ2n) is 6.09. The molecule has 0 radical (unpaired) electrons. The van der Waals surface area contributed by atoms with Gasteiger partial charge in [-0.1, -0.05) is 0 Å². The number of rotatable bonds is 6. The van der Waals surface area contributed by atoms with Crippen molar-refractivity contribution < 1.29 is 9.53 Å². The summed E-state index contributed by atoms with van der Waals surface area (Å²) in [6.07, 6.45) is 4.19. The average Bonchev–Trinajstić information content (AvgIpc) is 3.25. The lowest BCUT2D eigenvalue weighted by Gasteiger charge is -2.35. The van der Waals surface area contributed by atoms with Gasteiger partial charge in [0.2, 0.25) is 5.91 Å². The molecule has 0 bridgehead atoms. The Morgan fingerprint density at radius 3 is 2.95 bits per heavy atom. The maximum Gasteiger partial charge on any atom is 0.228 e. The SMILES string of the molecule is COCC1(C(=O)NCc2nc(C3CC3)cs2)CCNCC1. The Kier molecular flexibility index (Phi) is 4.57. The Morgan fingerprint density at radius 1 is 1.52 bits per heavy atom. The van der Waals surface area contributed by atoms with Crippen molar-refractivity contribution >= 4 is 17.2 Å². The summed E-state index contributed by atoms with van der Waals surface area (Å²) in [7, 11) is 1.67. The van der Waals surface area contributed by atoms with Crippen LogP contribution in [0.2, 0.25) is 0 Å². The number of hydrogen-bond donors (Lipinski definition) is 2. The highest BCUT2D eigenvalue weighted by Crippen LogP contribution is 2.40. The third-order valence-electron chi connectivity index (χ3n) is 4.43. The molecule has 1 amide bonds. The van der Waals surface area contributed by atoms with E-state index in [9.17, 15) is 4.79 Å². The summed E-state index contributed by atoms with van der Waals surface area (Å²) in [5, 5.41) is 9.51. The largest absolute Gasteiger partial charge is 0.384 e. The summed E-state index contributed by atoms with van der Waals surface area (Å²) in [6, 6.07) is 0. The van der Waals surface area contributed by atoms with Gasteiger partial charge in [-0.2, -0.15) is 0 Å². The first-order chi connectivity index (χ1) is 10.2. The predicted octanol–water partition coefficient (Wildman–Crippen LogP) is 1.65. The molecule has 0 unspecified atom stereocenters. The molecule has 6 heteroatoms. The number of amides is 1. The first-order valence-electron chi connectivity index (χ1n) is 7.66. The van der Waals surface area contributed by atoms with Crippen LogP contribution in [0, 0.1) is 5.41 Å². The Bertz CT molecular complexity index is 487. The third-order valence-corrected chi connectivity index (χ3v) is 5.30. The Morgan fingerprint density at radius 2 is 2.29 bits per heavy atom. The van der Waals surface area contributed by atoms with Crippen LogP contribution in [0.4, 0.5) is 0 Å². The minimum atomic E-state index is -0.378. The van der Waals surface area contributed by atoms with Gasteiger partial charge in [-0.3, -0.25) is 4.79 Å². The number of hydrogen-bond acceptors (Lipinski definition) is 5. The van der Waals surface area contributed by atoms with E-state index in [-0.39, 0.29) is 11.3 Å². The fourth-order valence-electron chi connectivity index (χ4n) is 2.93. The average molecular weight is 309 g/mol. The number of piperidine rings is 1. The van der Waals surface area contributed by atoms with E-state index < -0.39 is 0 Å². The zero-order valence-electron chi connectivity index (χ0n) is 12.5. The highest BCUT2D eigenvalue weighted by molar-refractivity contribution is 7.09. The van der Waals surface area contributed by atoms with Gasteiger partial charge in [0.05, 0.1) is 24.3 Å². The molecule has 2 aliphatic rings. The summed E-state index contributed by atoms with van der Waals surface area (Å²) in [6.45, 7) is 2.78. The van der Waals surface area contributed by atoms with Crippen LogP contribution in [0.15, 0.2) is 5.38 Å². The van der Waals surface area contributed by atoms with Gasteiger partial charge >= 0.3 is 0 Å². The molecule has 3 rings (SSSR count). The number of carbonyl (C=O) groups is 1. The molecule has 1 aromatic rings. The maximum atomic E-state index is 12.6. The van der Waals surface area contributed by atoms with Crippen molar-refractivity contribution in [2.75, 3.05) is 26.8 Å². The van der Waals surface area contributed by atoms with E-state index in [4.69, 9.17) is 4.74 Å². The van der Waals surface area contributed by atoms with Gasteiger partial charge in [-0.25, -0.2) is 4.98 Å². The van der Waals surface area contributed by atoms with Gasteiger partial charge in [0, 0.05) is 18.4 Å². The fourth-order valence-corrected chi connectivity index (χ4v) is 3.75. The van der Waals surface area contributed by atoms with Gasteiger partial charge in [0.25, 0.3) is 0 Å². The van der Waals surface area contributed by atoms with E-state index in [1.807, 2.05) is 0 Å². The molecule has 1 aliphatic carbocycles. The van der Waals surface area contributed by atoms with Crippen LogP contribution in [0.25, 0.3) is 0 Å². The highest BCUT2D eigenvalue weighted by Gasteiger charge is 2.39. The standard InChI is InChI=1S/C15H23N3O2S/c1-20-10-15(4-6-16-7-5-15)14(19)17-8-13-18-12(9-21-13)11-2-3-11/h9,11,16H,2-8,10H2,1H3,(H,17,19). The Labute approximate surface area is 129 Å². The molecule has 2 heterocycles. The van der Waals surface area contributed by atoms with Crippen molar-refractivity contribution in [1.29, 1.82) is 0 Å². The molecule has 0 aromatic carbocycles. The number of carbonyl (C=O) groups excluding carboxylic acids is 1. The first kappa shape index (κ1) is 14.9. The normalized spacial score (nSPS) is 21.2. The topological polar surface area (TPSA) is 63.2 Å². The van der Waals surface area contributed by atoms with Crippen LogP contribution in [-0.4, -0.2) is 37.7 Å². The highest BCUT2D eigenvalue weighted by atomic mass is 32.1. The number of nitrogens with one attached hydrogen (secondary N) is 2. The van der Waals surface area contributed by atoms with Crippen LogP contribution in [0.1, 0.15) is 42.3 Å². The number of methoxy groups -OCH3 is 1. The van der Waals surface area contributed by atoms with Crippen molar-refractivity contribution in [3.63, 3.8) is 0 Å². The summed E-state index contributed by atoms with van der Waals surface area (Å²) >= 11 is 1.65. The minimum Gasteiger partial charge on any atom is -0.384 e. The molecule has 21 heavy (non-hydrogen) atoms. The Balaban J connectivity index is 1.58. The first-order valence-corrected chi connectivity index (χ1v) is 8.54. The van der Waals surface area contributed by atoms with Gasteiger partial charge in [-0.15, -0.1) is 11.3 Å². The zero-order chi connectivity index (χ0) is 14.7. The van der Waals surface area contributed by atoms with Crippen molar-refractivity contribution in [2.45, 2.75) is 38.1 Å². The Hall–Kier alpha value is -0.980. The monoisotopic (exact) mass is 309 g/mol. The van der Waals surface area contributed by atoms with E-state index in [1.54, 1.807) is 18.4 Å². The van der Waals surface area contributed by atoms with Crippen LogP contribution in [0.5, 0.6) is 0 Å². The van der Waals surface area contributed by atoms with E-state index >= 15 is 0 Å². The van der Waals surface area contributed by atoms with Crippen LogP contribution in [0.3, 0.4) is 0 Å². The molecule has 116 valence electrons. The number of nitrogens with zero attached hydrogens (tertiary/aromatic N) is 1. The summed E-state index contributed by atoms with van der Waals surface area (Å²) in [4.78, 5) is 17.2. The number of ether oxygens (including phenoxy) is 1. The molecular weight excluding hydrogens is 286 g/mol. The fraction of sp³-hybridized carbons (Fsp3) is 0.733. The van der Waals surface area contributed by atoms with E-state index in [1.165, 1.54) is 18.5 Å². The van der Waals surface area contributed by atoms with Gasteiger partial charge < -0.3 is 15.4 Å². The van der Waals surface area contributed by atoms with Crippen LogP contribution >= 0.6 is 11.3 Å². The molecule has 2 N–H and O–H groups in total. The van der Waals surface area contributed by atoms with Gasteiger partial charge in [0.1, 0.15) is 5.01 Å². The smallest absolute Gasteiger partial charge is 0.228 e. The van der Waals surface area contributed by atoms with Gasteiger partial charge in [0.15, 0.2) is 0 Å². The van der Waals surface area contributed by atoms with Crippen LogP contribution < -0.4 is 10.6 Å². The molecular formula is C15H23N3O2S. The predicted molar refractivity (Wildman–Crippen MR) is 82.3 cm³/mol. The van der Waals surface area contributed by atoms with Crippen molar-refractivity contribution in [3.8, 4) is 0 Å². The molecule has 2 fully saturated rings. The lowest BCUT2D eigenvalue weighted by atomic mass is 9.78. The number of thiazole rings is 1. The van der Waals surface area contributed by atoms with Crippen molar-refractivity contribution in [3.05, 3.63) is 16.1 Å². The minimum absolute atomic E-state index is 0.106. The van der Waals surface area contributed by atoms with Crippen molar-refractivity contribution in [2.24, 2.45) is 5.41 Å². The maximum absolute atomic E-state index is 12.6. The molecule has 0 atom stereocenters. The molecule has 5 nitrogen and oxygen atoms in total. The third kappa shape index (κ3) is 3.44. The lowest BCUT2D eigenvalue weighted by molar-refractivity contribution is -0.136. The second kappa shape index (κ2) is 6.42. The molecule has 1 saturated heterocycles. The molecule has 1 aliphatic heterocycles. The molecule has 1 saturated carbocycles.